The third-order valence-corrected chi connectivity index (χ3v) is 2.03. The van der Waals surface area contributed by atoms with Crippen LogP contribution in [0.1, 0.15) is 10.4 Å². The molecule has 1 aromatic rings. The summed E-state index contributed by atoms with van der Waals surface area (Å²) in [6.07, 6.45) is 0. The first-order valence-electron chi connectivity index (χ1n) is 3.77. The second kappa shape index (κ2) is 4.59. The number of carbonyl (C=O) groups is 1. The summed E-state index contributed by atoms with van der Waals surface area (Å²) in [5, 5.41) is 17.7. The average molecular weight is 209 g/mol. The highest BCUT2D eigenvalue weighted by Gasteiger charge is 2.06. The average Bonchev–Trinajstić information content (AvgIpc) is 2.16. The molecule has 0 aliphatic carbocycles. The topological polar surface area (TPSA) is 70.3 Å². The first-order valence-corrected chi connectivity index (χ1v) is 4.35. The van der Waals surface area contributed by atoms with Gasteiger partial charge < -0.3 is 9.84 Å². The van der Waals surface area contributed by atoms with Crippen molar-refractivity contribution in [2.24, 2.45) is 0 Å². The number of nitrogens with zero attached hydrogens (tertiary/aromatic N) is 1. The van der Waals surface area contributed by atoms with Gasteiger partial charge in [-0.25, -0.2) is 4.79 Å². The van der Waals surface area contributed by atoms with Crippen LogP contribution in [0.25, 0.3) is 0 Å². The maximum absolute atomic E-state index is 10.6. The van der Waals surface area contributed by atoms with Gasteiger partial charge in [-0.3, -0.25) is 0 Å². The van der Waals surface area contributed by atoms with Crippen LogP contribution in [0.2, 0.25) is 0 Å². The Morgan fingerprint density at radius 1 is 1.64 bits per heavy atom. The number of carboxylic acids is 1. The summed E-state index contributed by atoms with van der Waals surface area (Å²) in [7, 11) is 2.41. The second-order valence-corrected chi connectivity index (χ2v) is 3.13. The fraction of sp³-hybridized carbons (Fsp3) is 0.111. The van der Waals surface area contributed by atoms with Gasteiger partial charge in [-0.1, -0.05) is 6.07 Å². The van der Waals surface area contributed by atoms with Gasteiger partial charge in [0.25, 0.3) is 0 Å². The van der Waals surface area contributed by atoms with Gasteiger partial charge in [-0.05, 0) is 12.1 Å². The van der Waals surface area contributed by atoms with Gasteiger partial charge in [0.05, 0.1) is 5.56 Å². The van der Waals surface area contributed by atoms with Crippen LogP contribution >= 0.6 is 9.24 Å². The van der Waals surface area contributed by atoms with Crippen LogP contribution in [0.15, 0.2) is 18.2 Å². The number of aromatic carboxylic acids is 1. The molecule has 0 aliphatic heterocycles. The fourth-order valence-corrected chi connectivity index (χ4v) is 1.17. The lowest BCUT2D eigenvalue weighted by Crippen LogP contribution is -2.06. The van der Waals surface area contributed by atoms with Crippen LogP contribution in [0.5, 0.6) is 5.75 Å². The molecule has 0 saturated carbocycles. The van der Waals surface area contributed by atoms with Gasteiger partial charge >= 0.3 is 5.97 Å². The monoisotopic (exact) mass is 209 g/mol. The molecule has 1 aromatic carbocycles. The number of nitriles is 1. The van der Waals surface area contributed by atoms with Crippen molar-refractivity contribution in [3.05, 3.63) is 23.8 Å². The van der Waals surface area contributed by atoms with E-state index in [-0.39, 0.29) is 12.2 Å². The molecule has 14 heavy (non-hydrogen) atoms. The van der Waals surface area contributed by atoms with E-state index in [0.717, 1.165) is 5.30 Å². The van der Waals surface area contributed by atoms with E-state index >= 15 is 0 Å². The number of rotatable bonds is 3. The summed E-state index contributed by atoms with van der Waals surface area (Å²) in [4.78, 5) is 10.6. The fourth-order valence-electron chi connectivity index (χ4n) is 0.902. The molecule has 72 valence electrons. The van der Waals surface area contributed by atoms with Gasteiger partial charge in [0, 0.05) is 5.30 Å². The van der Waals surface area contributed by atoms with Gasteiger partial charge in [0.1, 0.15) is 11.8 Å². The predicted octanol–water partition coefficient (Wildman–Crippen LogP) is 0.788. The molecule has 0 aromatic heterocycles. The summed E-state index contributed by atoms with van der Waals surface area (Å²) in [6.45, 7) is -0.0928. The molecule has 0 radical (unpaired) electrons. The molecule has 0 fully saturated rings. The van der Waals surface area contributed by atoms with Crippen LogP contribution in [0, 0.1) is 11.3 Å². The van der Waals surface area contributed by atoms with Gasteiger partial charge in [-0.15, -0.1) is 9.24 Å². The maximum atomic E-state index is 10.6. The van der Waals surface area contributed by atoms with E-state index in [0.29, 0.717) is 5.75 Å². The lowest BCUT2D eigenvalue weighted by Gasteiger charge is -2.05. The largest absolute Gasteiger partial charge is 0.478 e. The number of carboxylic acid groups (broad SMARTS) is 1. The van der Waals surface area contributed by atoms with Crippen molar-refractivity contribution < 1.29 is 14.6 Å². The Morgan fingerprint density at radius 2 is 2.36 bits per heavy atom. The molecular formula is C9H8NO3P. The molecule has 0 aliphatic rings. The van der Waals surface area contributed by atoms with Crippen molar-refractivity contribution in [2.75, 3.05) is 6.61 Å². The van der Waals surface area contributed by atoms with Crippen molar-refractivity contribution in [3.8, 4) is 11.8 Å². The van der Waals surface area contributed by atoms with Crippen LogP contribution in [0.4, 0.5) is 0 Å². The van der Waals surface area contributed by atoms with Gasteiger partial charge in [0.2, 0.25) is 0 Å². The quantitative estimate of drug-likeness (QED) is 0.747. The molecular weight excluding hydrogens is 201 g/mol. The zero-order valence-corrected chi connectivity index (χ0v) is 8.38. The minimum Gasteiger partial charge on any atom is -0.478 e. The minimum atomic E-state index is -1.02. The van der Waals surface area contributed by atoms with E-state index in [1.807, 2.05) is 6.07 Å². The molecule has 4 nitrogen and oxygen atoms in total. The highest BCUT2D eigenvalue weighted by atomic mass is 31.0. The first-order chi connectivity index (χ1) is 6.65. The summed E-state index contributed by atoms with van der Waals surface area (Å²) in [5.74, 6) is -0.617. The van der Waals surface area contributed by atoms with Gasteiger partial charge in [-0.2, -0.15) is 5.26 Å². The van der Waals surface area contributed by atoms with E-state index in [9.17, 15) is 4.79 Å². The number of ether oxygens (including phenoxy) is 1. The van der Waals surface area contributed by atoms with Crippen molar-refractivity contribution >= 4 is 20.5 Å². The Labute approximate surface area is 83.3 Å². The van der Waals surface area contributed by atoms with E-state index in [1.54, 1.807) is 6.07 Å². The SMILES string of the molecule is N#CCOc1cc(C(=O)O)ccc1P. The normalized spacial score (nSPS) is 9.14. The van der Waals surface area contributed by atoms with Crippen LogP contribution in [-0.4, -0.2) is 17.7 Å². The Balaban J connectivity index is 2.97. The molecule has 0 saturated heterocycles. The predicted molar refractivity (Wildman–Crippen MR) is 53.9 cm³/mol. The van der Waals surface area contributed by atoms with Crippen molar-refractivity contribution in [1.29, 1.82) is 5.26 Å². The Kier molecular flexibility index (Phi) is 3.44. The molecule has 1 atom stereocenters. The smallest absolute Gasteiger partial charge is 0.335 e. The summed E-state index contributed by atoms with van der Waals surface area (Å²) >= 11 is 0. The number of benzene rings is 1. The Bertz CT molecular complexity index is 398. The number of hydrogen-bond acceptors (Lipinski definition) is 3. The zero-order chi connectivity index (χ0) is 10.6. The molecule has 1 rings (SSSR count). The molecule has 0 spiro atoms. The summed E-state index contributed by atoms with van der Waals surface area (Å²) < 4.78 is 5.03. The van der Waals surface area contributed by atoms with Crippen LogP contribution in [-0.2, 0) is 0 Å². The van der Waals surface area contributed by atoms with Crippen molar-refractivity contribution in [1.82, 2.24) is 0 Å². The lowest BCUT2D eigenvalue weighted by atomic mass is 10.2. The number of hydrogen-bond donors (Lipinski definition) is 1. The molecule has 0 bridgehead atoms. The molecule has 0 amide bonds. The van der Waals surface area contributed by atoms with Crippen molar-refractivity contribution in [3.63, 3.8) is 0 Å². The highest BCUT2D eigenvalue weighted by molar-refractivity contribution is 7.27. The summed E-state index contributed by atoms with van der Waals surface area (Å²) in [5.41, 5.74) is 0.143. The van der Waals surface area contributed by atoms with E-state index in [2.05, 4.69) is 9.24 Å². The van der Waals surface area contributed by atoms with E-state index < -0.39 is 5.97 Å². The molecule has 1 N–H and O–H groups in total. The second-order valence-electron chi connectivity index (χ2n) is 2.50. The lowest BCUT2D eigenvalue weighted by molar-refractivity contribution is 0.0696. The first kappa shape index (κ1) is 10.5. The molecule has 1 unspecified atom stereocenters. The molecule has 0 heterocycles. The Morgan fingerprint density at radius 3 is 2.93 bits per heavy atom. The van der Waals surface area contributed by atoms with Crippen molar-refractivity contribution in [2.45, 2.75) is 0 Å². The maximum Gasteiger partial charge on any atom is 0.335 e. The van der Waals surface area contributed by atoms with Crippen LogP contribution in [0.3, 0.4) is 0 Å². The Hall–Kier alpha value is -1.59. The molecule has 5 heteroatoms. The van der Waals surface area contributed by atoms with E-state index in [1.165, 1.54) is 12.1 Å². The minimum absolute atomic E-state index is 0.0928. The standard InChI is InChI=1S/C9H8NO3P/c10-3-4-13-7-5-6(9(11)12)1-2-8(7)14/h1-2,5H,4,14H2,(H,11,12). The van der Waals surface area contributed by atoms with Gasteiger partial charge in [0.15, 0.2) is 6.61 Å². The third-order valence-electron chi connectivity index (χ3n) is 1.55. The third kappa shape index (κ3) is 2.45. The summed E-state index contributed by atoms with van der Waals surface area (Å²) in [6, 6.07) is 6.29. The zero-order valence-electron chi connectivity index (χ0n) is 7.23. The highest BCUT2D eigenvalue weighted by Crippen LogP contribution is 2.13. The van der Waals surface area contributed by atoms with E-state index in [4.69, 9.17) is 15.1 Å². The van der Waals surface area contributed by atoms with Crippen LogP contribution < -0.4 is 10.0 Å².